The molecule has 0 saturated heterocycles. The number of nitrogens with one attached hydrogen (secondary N) is 2. The molecule has 2 aromatic carbocycles. The molecule has 6 nitrogen and oxygen atoms in total. The molecule has 0 saturated carbocycles. The van der Waals surface area contributed by atoms with E-state index in [0.29, 0.717) is 6.61 Å². The first-order chi connectivity index (χ1) is 13.7. The number of rotatable bonds is 8. The molecule has 0 aromatic heterocycles. The molecule has 0 aliphatic heterocycles. The van der Waals surface area contributed by atoms with Crippen molar-refractivity contribution in [1.29, 1.82) is 0 Å². The maximum atomic E-state index is 12.8. The molecule has 0 heterocycles. The zero-order valence-electron chi connectivity index (χ0n) is 17.5. The molecular formula is C23H30N2O4. The molecule has 0 spiro atoms. The molecule has 2 atom stereocenters. The maximum absolute atomic E-state index is 12.8. The number of alkyl carbamates (subject to hydrolysis) is 1. The van der Waals surface area contributed by atoms with E-state index in [9.17, 15) is 9.59 Å². The van der Waals surface area contributed by atoms with E-state index < -0.39 is 17.7 Å². The summed E-state index contributed by atoms with van der Waals surface area (Å²) in [6.45, 7) is 7.57. The summed E-state index contributed by atoms with van der Waals surface area (Å²) in [5.74, 6) is -0.333. The Morgan fingerprint density at radius 1 is 0.931 bits per heavy atom. The Hall–Kier alpha value is -2.86. The molecule has 2 amide bonds. The molecule has 6 heteroatoms. The lowest BCUT2D eigenvalue weighted by Gasteiger charge is -2.24. The van der Waals surface area contributed by atoms with Crippen molar-refractivity contribution in [3.8, 4) is 0 Å². The lowest BCUT2D eigenvalue weighted by molar-refractivity contribution is -0.125. The summed E-state index contributed by atoms with van der Waals surface area (Å²) < 4.78 is 11.0. The van der Waals surface area contributed by atoms with Crippen LogP contribution in [0.15, 0.2) is 60.7 Å². The number of amides is 2. The van der Waals surface area contributed by atoms with Crippen LogP contribution in [0.5, 0.6) is 0 Å². The number of carbonyl (C=O) groups excluding carboxylic acids is 2. The van der Waals surface area contributed by atoms with E-state index in [1.807, 2.05) is 67.6 Å². The molecule has 29 heavy (non-hydrogen) atoms. The van der Waals surface area contributed by atoms with E-state index in [0.717, 1.165) is 11.1 Å². The largest absolute Gasteiger partial charge is 0.444 e. The summed E-state index contributed by atoms with van der Waals surface area (Å²) >= 11 is 0. The van der Waals surface area contributed by atoms with Crippen LogP contribution in [0.1, 0.15) is 44.9 Å². The van der Waals surface area contributed by atoms with Crippen molar-refractivity contribution in [2.75, 3.05) is 6.61 Å². The van der Waals surface area contributed by atoms with Gasteiger partial charge in [-0.1, -0.05) is 60.7 Å². The molecule has 0 aliphatic carbocycles. The molecule has 156 valence electrons. The van der Waals surface area contributed by atoms with Crippen LogP contribution in [0, 0.1) is 0 Å². The third-order valence-electron chi connectivity index (χ3n) is 4.06. The number of benzene rings is 2. The summed E-state index contributed by atoms with van der Waals surface area (Å²) in [4.78, 5) is 25.0. The Kier molecular flexibility index (Phi) is 8.21. The molecule has 0 fully saturated rings. The van der Waals surface area contributed by atoms with Crippen LogP contribution in [-0.2, 0) is 20.9 Å². The van der Waals surface area contributed by atoms with Gasteiger partial charge in [0.2, 0.25) is 5.91 Å². The minimum atomic E-state index is -0.875. The number of hydrogen-bond donors (Lipinski definition) is 2. The van der Waals surface area contributed by atoms with Crippen LogP contribution in [0.3, 0.4) is 0 Å². The predicted octanol–water partition coefficient (Wildman–Crippen LogP) is 3.97. The summed E-state index contributed by atoms with van der Waals surface area (Å²) in [7, 11) is 0. The highest BCUT2D eigenvalue weighted by Gasteiger charge is 2.25. The second-order valence-electron chi connectivity index (χ2n) is 7.84. The molecular weight excluding hydrogens is 368 g/mol. The standard InChI is InChI=1S/C23H30N2O4/c1-17(19-13-9-6-10-14-19)24-21(26)20(25-22(27)29-23(2,3)4)16-28-15-18-11-7-5-8-12-18/h5-14,17,20H,15-16H2,1-4H3,(H,24,26)(H,25,27)/t17-,20-/m1/s1. The Morgan fingerprint density at radius 3 is 2.10 bits per heavy atom. The van der Waals surface area contributed by atoms with Gasteiger partial charge in [0.05, 0.1) is 19.3 Å². The van der Waals surface area contributed by atoms with Gasteiger partial charge in [-0.05, 0) is 38.8 Å². The smallest absolute Gasteiger partial charge is 0.408 e. The summed E-state index contributed by atoms with van der Waals surface area (Å²) in [6.07, 6.45) is -0.659. The van der Waals surface area contributed by atoms with Gasteiger partial charge in [0, 0.05) is 0 Å². The van der Waals surface area contributed by atoms with Gasteiger partial charge in [0.15, 0.2) is 0 Å². The molecule has 0 unspecified atom stereocenters. The fourth-order valence-corrected chi connectivity index (χ4v) is 2.64. The first-order valence-electron chi connectivity index (χ1n) is 9.71. The van der Waals surface area contributed by atoms with Gasteiger partial charge >= 0.3 is 6.09 Å². The van der Waals surface area contributed by atoms with E-state index in [4.69, 9.17) is 9.47 Å². The third-order valence-corrected chi connectivity index (χ3v) is 4.06. The zero-order chi connectivity index (χ0) is 21.3. The van der Waals surface area contributed by atoms with Gasteiger partial charge in [-0.2, -0.15) is 0 Å². The van der Waals surface area contributed by atoms with Gasteiger partial charge in [-0.3, -0.25) is 4.79 Å². The predicted molar refractivity (Wildman–Crippen MR) is 112 cm³/mol. The van der Waals surface area contributed by atoms with Crippen LogP contribution < -0.4 is 10.6 Å². The van der Waals surface area contributed by atoms with Gasteiger partial charge in [-0.25, -0.2) is 4.79 Å². The van der Waals surface area contributed by atoms with Crippen LogP contribution >= 0.6 is 0 Å². The molecule has 0 bridgehead atoms. The van der Waals surface area contributed by atoms with Crippen LogP contribution in [0.4, 0.5) is 4.79 Å². The number of ether oxygens (including phenoxy) is 2. The number of hydrogen-bond acceptors (Lipinski definition) is 4. The average Bonchev–Trinajstić information content (AvgIpc) is 2.67. The Morgan fingerprint density at radius 2 is 1.52 bits per heavy atom. The fraction of sp³-hybridized carbons (Fsp3) is 0.391. The highest BCUT2D eigenvalue weighted by atomic mass is 16.6. The SMILES string of the molecule is C[C@@H](NC(=O)[C@@H](COCc1ccccc1)NC(=O)OC(C)(C)C)c1ccccc1. The Bertz CT molecular complexity index is 772. The fourth-order valence-electron chi connectivity index (χ4n) is 2.64. The first kappa shape index (κ1) is 22.4. The monoisotopic (exact) mass is 398 g/mol. The molecule has 0 aliphatic rings. The van der Waals surface area contributed by atoms with E-state index in [1.54, 1.807) is 20.8 Å². The molecule has 2 aromatic rings. The highest BCUT2D eigenvalue weighted by Crippen LogP contribution is 2.12. The second kappa shape index (κ2) is 10.6. The van der Waals surface area contributed by atoms with Crippen LogP contribution in [-0.4, -0.2) is 30.3 Å². The van der Waals surface area contributed by atoms with Crippen molar-refractivity contribution in [2.24, 2.45) is 0 Å². The summed E-state index contributed by atoms with van der Waals surface area (Å²) in [6, 6.07) is 18.2. The van der Waals surface area contributed by atoms with Crippen LogP contribution in [0.25, 0.3) is 0 Å². The Labute approximate surface area is 172 Å². The minimum absolute atomic E-state index is 0.0292. The lowest BCUT2D eigenvalue weighted by Crippen LogP contribution is -2.51. The average molecular weight is 399 g/mol. The van der Waals surface area contributed by atoms with Gasteiger partial charge in [-0.15, -0.1) is 0 Å². The molecule has 0 radical (unpaired) electrons. The highest BCUT2D eigenvalue weighted by molar-refractivity contribution is 5.86. The van der Waals surface area contributed by atoms with E-state index in [1.165, 1.54) is 0 Å². The molecule has 2 rings (SSSR count). The maximum Gasteiger partial charge on any atom is 0.408 e. The first-order valence-corrected chi connectivity index (χ1v) is 9.71. The summed E-state index contributed by atoms with van der Waals surface area (Å²) in [5, 5.41) is 5.54. The van der Waals surface area contributed by atoms with Crippen molar-refractivity contribution in [2.45, 2.75) is 52.0 Å². The van der Waals surface area contributed by atoms with Crippen molar-refractivity contribution < 1.29 is 19.1 Å². The van der Waals surface area contributed by atoms with Gasteiger partial charge in [0.25, 0.3) is 0 Å². The van der Waals surface area contributed by atoms with Gasteiger partial charge in [0.1, 0.15) is 11.6 Å². The van der Waals surface area contributed by atoms with Crippen molar-refractivity contribution in [3.05, 3.63) is 71.8 Å². The Balaban J connectivity index is 1.99. The van der Waals surface area contributed by atoms with Crippen molar-refractivity contribution in [1.82, 2.24) is 10.6 Å². The van der Waals surface area contributed by atoms with Crippen molar-refractivity contribution in [3.63, 3.8) is 0 Å². The van der Waals surface area contributed by atoms with Crippen LogP contribution in [0.2, 0.25) is 0 Å². The van der Waals surface area contributed by atoms with Gasteiger partial charge < -0.3 is 20.1 Å². The second-order valence-corrected chi connectivity index (χ2v) is 7.84. The van der Waals surface area contributed by atoms with E-state index in [-0.39, 0.29) is 18.6 Å². The lowest BCUT2D eigenvalue weighted by atomic mass is 10.1. The summed E-state index contributed by atoms with van der Waals surface area (Å²) in [5.41, 5.74) is 1.30. The van der Waals surface area contributed by atoms with E-state index in [2.05, 4.69) is 10.6 Å². The minimum Gasteiger partial charge on any atom is -0.444 e. The topological polar surface area (TPSA) is 76.7 Å². The zero-order valence-corrected chi connectivity index (χ0v) is 17.5. The van der Waals surface area contributed by atoms with E-state index >= 15 is 0 Å². The molecule has 2 N–H and O–H groups in total. The quantitative estimate of drug-likeness (QED) is 0.705. The van der Waals surface area contributed by atoms with Crippen molar-refractivity contribution >= 4 is 12.0 Å². The number of carbonyl (C=O) groups is 2. The normalized spacial score (nSPS) is 13.2. The third kappa shape index (κ3) is 8.35.